The highest BCUT2D eigenvalue weighted by Gasteiger charge is 2.10. The van der Waals surface area contributed by atoms with Gasteiger partial charge in [-0.3, -0.25) is 4.79 Å². The van der Waals surface area contributed by atoms with Gasteiger partial charge in [-0.25, -0.2) is 9.37 Å². The zero-order valence-electron chi connectivity index (χ0n) is 14.8. The van der Waals surface area contributed by atoms with Gasteiger partial charge >= 0.3 is 5.97 Å². The van der Waals surface area contributed by atoms with E-state index in [1.807, 2.05) is 36.4 Å². The molecule has 0 aliphatic carbocycles. The van der Waals surface area contributed by atoms with Crippen LogP contribution in [-0.4, -0.2) is 22.1 Å². The van der Waals surface area contributed by atoms with Gasteiger partial charge in [-0.1, -0.05) is 48.0 Å². The molecular weight excluding hydrogens is 383 g/mol. The Bertz CT molecular complexity index is 980. The summed E-state index contributed by atoms with van der Waals surface area (Å²) in [5.74, 6) is -1.25. The van der Waals surface area contributed by atoms with Gasteiger partial charge in [-0.2, -0.15) is 0 Å². The number of halogens is 2. The number of aliphatic carboxylic acids is 1. The highest BCUT2D eigenvalue weighted by Crippen LogP contribution is 2.27. The maximum Gasteiger partial charge on any atom is 0.304 e. The average Bonchev–Trinajstić information content (AvgIpc) is 2.64. The van der Waals surface area contributed by atoms with Crippen LogP contribution in [0.3, 0.4) is 0 Å². The van der Waals surface area contributed by atoms with Crippen molar-refractivity contribution in [1.29, 1.82) is 0 Å². The topological polar surface area (TPSA) is 85.4 Å². The molecule has 0 spiro atoms. The van der Waals surface area contributed by atoms with E-state index in [9.17, 15) is 9.18 Å². The van der Waals surface area contributed by atoms with E-state index in [1.54, 1.807) is 12.1 Å². The van der Waals surface area contributed by atoms with E-state index in [2.05, 4.69) is 4.98 Å². The van der Waals surface area contributed by atoms with Crippen LogP contribution in [0.1, 0.15) is 12.0 Å². The molecule has 144 valence electrons. The van der Waals surface area contributed by atoms with Crippen LogP contribution >= 0.6 is 11.6 Å². The van der Waals surface area contributed by atoms with Gasteiger partial charge in [0.1, 0.15) is 5.75 Å². The number of carboxylic acids is 1. The molecule has 0 aliphatic heterocycles. The molecule has 28 heavy (non-hydrogen) atoms. The predicted molar refractivity (Wildman–Crippen MR) is 105 cm³/mol. The lowest BCUT2D eigenvalue weighted by Crippen LogP contribution is -2.26. The first-order valence-electron chi connectivity index (χ1n) is 8.56. The van der Waals surface area contributed by atoms with Crippen LogP contribution in [-0.2, 0) is 11.2 Å². The van der Waals surface area contributed by atoms with Crippen LogP contribution in [0.4, 0.5) is 4.39 Å². The summed E-state index contributed by atoms with van der Waals surface area (Å²) in [6.07, 6.45) is 1.71. The van der Waals surface area contributed by atoms with E-state index < -0.39 is 17.8 Å². The van der Waals surface area contributed by atoms with Gasteiger partial charge in [0, 0.05) is 12.2 Å². The summed E-state index contributed by atoms with van der Waals surface area (Å²) in [6, 6.07) is 15.6. The number of rotatable bonds is 7. The lowest BCUT2D eigenvalue weighted by Gasteiger charge is -2.11. The van der Waals surface area contributed by atoms with Crippen molar-refractivity contribution in [1.82, 2.24) is 4.98 Å². The highest BCUT2D eigenvalue weighted by atomic mass is 35.5. The van der Waals surface area contributed by atoms with Crippen LogP contribution in [0.25, 0.3) is 11.1 Å². The summed E-state index contributed by atoms with van der Waals surface area (Å²) in [5.41, 5.74) is 8.72. The molecule has 0 aliphatic rings. The quantitative estimate of drug-likeness (QED) is 0.601. The number of benzene rings is 2. The van der Waals surface area contributed by atoms with E-state index in [0.29, 0.717) is 12.2 Å². The molecule has 0 bridgehead atoms. The maximum atomic E-state index is 13.8. The first kappa shape index (κ1) is 19.8. The number of hydrogen-bond acceptors (Lipinski definition) is 4. The third kappa shape index (κ3) is 5.28. The van der Waals surface area contributed by atoms with Crippen molar-refractivity contribution in [3.8, 4) is 22.8 Å². The normalized spacial score (nSPS) is 11.8. The Kier molecular flexibility index (Phi) is 6.23. The molecule has 3 aromatic rings. The van der Waals surface area contributed by atoms with Crippen LogP contribution in [0.15, 0.2) is 60.8 Å². The second-order valence-electron chi connectivity index (χ2n) is 6.33. The summed E-state index contributed by atoms with van der Waals surface area (Å²) >= 11 is 5.68. The number of ether oxygens (including phenoxy) is 1. The van der Waals surface area contributed by atoms with Crippen LogP contribution in [0, 0.1) is 5.82 Å². The fourth-order valence-corrected chi connectivity index (χ4v) is 2.93. The van der Waals surface area contributed by atoms with E-state index >= 15 is 0 Å². The third-order valence-corrected chi connectivity index (χ3v) is 4.24. The van der Waals surface area contributed by atoms with Crippen molar-refractivity contribution in [2.45, 2.75) is 18.9 Å². The molecule has 3 N–H and O–H groups in total. The minimum atomic E-state index is -0.911. The number of carboxylic acid groups (broad SMARTS) is 1. The fraction of sp³-hybridized carbons (Fsp3) is 0.143. The first-order valence-corrected chi connectivity index (χ1v) is 8.94. The molecule has 0 amide bonds. The number of nitrogens with two attached hydrogens (primary N) is 1. The van der Waals surface area contributed by atoms with E-state index in [4.69, 9.17) is 27.2 Å². The van der Waals surface area contributed by atoms with Gasteiger partial charge in [0.25, 0.3) is 5.88 Å². The Morgan fingerprint density at radius 2 is 1.93 bits per heavy atom. The molecule has 1 heterocycles. The Morgan fingerprint density at radius 3 is 2.61 bits per heavy atom. The molecule has 0 radical (unpaired) electrons. The van der Waals surface area contributed by atoms with Crippen molar-refractivity contribution >= 4 is 17.6 Å². The van der Waals surface area contributed by atoms with Crippen molar-refractivity contribution in [2.24, 2.45) is 5.73 Å². The van der Waals surface area contributed by atoms with Gasteiger partial charge in [0.2, 0.25) is 0 Å². The minimum absolute atomic E-state index is 0.0778. The molecule has 0 fully saturated rings. The standard InChI is InChI=1S/C21H18ClFN2O3/c22-16-10-19(23)21(25-12-16)28-18-6-4-14(5-7-18)15-3-1-2-13(8-15)9-17(24)11-20(26)27/h1-8,10,12,17H,9,11,24H2,(H,26,27)/t17-/m1/s1. The predicted octanol–water partition coefficient (Wildman–Crippen LogP) is 4.68. The van der Waals surface area contributed by atoms with Gasteiger partial charge in [0.15, 0.2) is 5.82 Å². The maximum absolute atomic E-state index is 13.8. The molecule has 0 saturated carbocycles. The summed E-state index contributed by atoms with van der Waals surface area (Å²) < 4.78 is 19.2. The fourth-order valence-electron chi connectivity index (χ4n) is 2.78. The van der Waals surface area contributed by atoms with Gasteiger partial charge in [0.05, 0.1) is 11.4 Å². The molecule has 0 saturated heterocycles. The van der Waals surface area contributed by atoms with Crippen molar-refractivity contribution < 1.29 is 19.0 Å². The molecule has 1 atom stereocenters. The Hall–Kier alpha value is -2.96. The Balaban J connectivity index is 1.72. The lowest BCUT2D eigenvalue weighted by molar-refractivity contribution is -0.137. The highest BCUT2D eigenvalue weighted by molar-refractivity contribution is 6.30. The summed E-state index contributed by atoms with van der Waals surface area (Å²) in [7, 11) is 0. The monoisotopic (exact) mass is 400 g/mol. The number of carbonyl (C=O) groups is 1. The Morgan fingerprint density at radius 1 is 1.18 bits per heavy atom. The second-order valence-corrected chi connectivity index (χ2v) is 6.77. The zero-order valence-corrected chi connectivity index (χ0v) is 15.6. The van der Waals surface area contributed by atoms with Gasteiger partial charge in [-0.15, -0.1) is 0 Å². The second kappa shape index (κ2) is 8.82. The molecule has 0 unspecified atom stereocenters. The number of aromatic nitrogens is 1. The smallest absolute Gasteiger partial charge is 0.304 e. The van der Waals surface area contributed by atoms with Gasteiger partial charge < -0.3 is 15.6 Å². The molecule has 1 aromatic heterocycles. The van der Waals surface area contributed by atoms with Crippen LogP contribution < -0.4 is 10.5 Å². The number of hydrogen-bond donors (Lipinski definition) is 2. The third-order valence-electron chi connectivity index (χ3n) is 4.04. The van der Waals surface area contributed by atoms with E-state index in [-0.39, 0.29) is 17.3 Å². The molecular formula is C21H18ClFN2O3. The molecule has 5 nitrogen and oxygen atoms in total. The zero-order chi connectivity index (χ0) is 20.1. The van der Waals surface area contributed by atoms with Crippen LogP contribution in [0.5, 0.6) is 11.6 Å². The van der Waals surface area contributed by atoms with E-state index in [1.165, 1.54) is 6.20 Å². The Labute approximate surface area is 166 Å². The summed E-state index contributed by atoms with van der Waals surface area (Å²) in [6.45, 7) is 0. The molecule has 3 rings (SSSR count). The van der Waals surface area contributed by atoms with E-state index in [0.717, 1.165) is 22.8 Å². The lowest BCUT2D eigenvalue weighted by atomic mass is 9.98. The van der Waals surface area contributed by atoms with Crippen molar-refractivity contribution in [3.63, 3.8) is 0 Å². The first-order chi connectivity index (χ1) is 13.4. The minimum Gasteiger partial charge on any atom is -0.481 e. The summed E-state index contributed by atoms with van der Waals surface area (Å²) in [4.78, 5) is 14.6. The molecule has 7 heteroatoms. The number of pyridine rings is 1. The van der Waals surface area contributed by atoms with Crippen molar-refractivity contribution in [3.05, 3.63) is 77.2 Å². The summed E-state index contributed by atoms with van der Waals surface area (Å²) in [5, 5.41) is 9.03. The number of nitrogens with zero attached hydrogens (tertiary/aromatic N) is 1. The SMILES string of the molecule is N[C@@H](CC(=O)O)Cc1cccc(-c2ccc(Oc3ncc(Cl)cc3F)cc2)c1. The van der Waals surface area contributed by atoms with Crippen LogP contribution in [0.2, 0.25) is 5.02 Å². The largest absolute Gasteiger partial charge is 0.481 e. The van der Waals surface area contributed by atoms with Gasteiger partial charge in [-0.05, 0) is 41.3 Å². The van der Waals surface area contributed by atoms with Crippen molar-refractivity contribution in [2.75, 3.05) is 0 Å². The molecule has 2 aromatic carbocycles. The average molecular weight is 401 g/mol.